The Morgan fingerprint density at radius 2 is 2.11 bits per heavy atom. The topological polar surface area (TPSA) is 64.2 Å². The molecule has 0 saturated carbocycles. The lowest BCUT2D eigenvalue weighted by atomic mass is 10.2. The first-order valence-corrected chi connectivity index (χ1v) is 6.07. The molecule has 6 heteroatoms. The minimum Gasteiger partial charge on any atom is -0.388 e. The first-order chi connectivity index (χ1) is 9.00. The minimum atomic E-state index is -0.0823. The molecule has 0 fully saturated rings. The largest absolute Gasteiger partial charge is 0.388 e. The van der Waals surface area contributed by atoms with Crippen molar-refractivity contribution in [3.63, 3.8) is 0 Å². The van der Waals surface area contributed by atoms with Crippen LogP contribution >= 0.6 is 12.2 Å². The maximum atomic E-state index is 11.8. The maximum absolute atomic E-state index is 11.8. The average Bonchev–Trinajstić information content (AvgIpc) is 2.87. The van der Waals surface area contributed by atoms with E-state index in [0.29, 0.717) is 22.1 Å². The fourth-order valence-corrected chi connectivity index (χ4v) is 1.86. The second kappa shape index (κ2) is 5.19. The van der Waals surface area contributed by atoms with Gasteiger partial charge in [0.2, 0.25) is 0 Å². The van der Waals surface area contributed by atoms with Gasteiger partial charge in [-0.2, -0.15) is 0 Å². The van der Waals surface area contributed by atoms with Crippen molar-refractivity contribution in [1.82, 2.24) is 14.5 Å². The van der Waals surface area contributed by atoms with Gasteiger partial charge in [0.25, 0.3) is 5.91 Å². The van der Waals surface area contributed by atoms with E-state index in [9.17, 15) is 4.79 Å². The number of carbonyl (C=O) groups is 1. The van der Waals surface area contributed by atoms with Crippen molar-refractivity contribution in [2.24, 2.45) is 5.73 Å². The van der Waals surface area contributed by atoms with Gasteiger partial charge in [-0.1, -0.05) is 12.2 Å². The van der Waals surface area contributed by atoms with Crippen molar-refractivity contribution in [3.8, 4) is 5.82 Å². The normalized spacial score (nSPS) is 10.2. The van der Waals surface area contributed by atoms with Crippen molar-refractivity contribution in [2.75, 3.05) is 14.1 Å². The Balaban J connectivity index is 2.35. The number of rotatable bonds is 3. The Morgan fingerprint density at radius 3 is 2.63 bits per heavy atom. The third-order valence-corrected chi connectivity index (χ3v) is 2.86. The van der Waals surface area contributed by atoms with Crippen molar-refractivity contribution in [1.29, 1.82) is 0 Å². The molecule has 98 valence electrons. The van der Waals surface area contributed by atoms with E-state index in [0.717, 1.165) is 0 Å². The molecular weight excluding hydrogens is 260 g/mol. The third-order valence-electron chi connectivity index (χ3n) is 2.65. The summed E-state index contributed by atoms with van der Waals surface area (Å²) in [5, 5.41) is 0. The number of thiocarbonyl (C=S) groups is 1. The van der Waals surface area contributed by atoms with Crippen LogP contribution in [-0.4, -0.2) is 39.4 Å². The number of hydrogen-bond donors (Lipinski definition) is 1. The summed E-state index contributed by atoms with van der Waals surface area (Å²) in [6.45, 7) is 0. The fourth-order valence-electron chi connectivity index (χ4n) is 1.69. The molecule has 2 aromatic rings. The smallest absolute Gasteiger partial charge is 0.254 e. The Labute approximate surface area is 116 Å². The molecule has 19 heavy (non-hydrogen) atoms. The molecule has 0 bridgehead atoms. The zero-order chi connectivity index (χ0) is 14.0. The van der Waals surface area contributed by atoms with Crippen LogP contribution in [0.4, 0.5) is 0 Å². The molecule has 0 saturated heterocycles. The molecular formula is C13H14N4OS. The van der Waals surface area contributed by atoms with Crippen LogP contribution < -0.4 is 5.73 Å². The molecule has 0 unspecified atom stereocenters. The predicted octanol–water partition coefficient (Wildman–Crippen LogP) is 1.21. The van der Waals surface area contributed by atoms with Crippen LogP contribution in [0.5, 0.6) is 0 Å². The van der Waals surface area contributed by atoms with Gasteiger partial charge in [0.05, 0.1) is 11.3 Å². The van der Waals surface area contributed by atoms with Crippen LogP contribution in [0.2, 0.25) is 0 Å². The van der Waals surface area contributed by atoms with Gasteiger partial charge in [-0.3, -0.25) is 9.36 Å². The molecule has 0 aliphatic rings. The number of pyridine rings is 1. The average molecular weight is 274 g/mol. The molecule has 2 rings (SSSR count). The lowest BCUT2D eigenvalue weighted by Crippen LogP contribution is -2.22. The summed E-state index contributed by atoms with van der Waals surface area (Å²) in [6.07, 6.45) is 3.37. The van der Waals surface area contributed by atoms with E-state index in [2.05, 4.69) is 4.98 Å². The van der Waals surface area contributed by atoms with E-state index in [1.807, 2.05) is 18.3 Å². The van der Waals surface area contributed by atoms with Crippen LogP contribution in [0.3, 0.4) is 0 Å². The molecule has 0 spiro atoms. The summed E-state index contributed by atoms with van der Waals surface area (Å²) < 4.78 is 1.78. The lowest BCUT2D eigenvalue weighted by Gasteiger charge is -2.11. The number of aromatic nitrogens is 2. The standard InChI is InChI=1S/C13H14N4OS/c1-16(2)13(18)9-5-6-11(15-8-9)17-7-3-4-10(17)12(14)19/h3-8H,1-2H3,(H2,14,19). The quantitative estimate of drug-likeness (QED) is 0.854. The molecule has 0 radical (unpaired) electrons. The number of nitrogens with two attached hydrogens (primary N) is 1. The van der Waals surface area contributed by atoms with Gasteiger partial charge in [-0.25, -0.2) is 4.98 Å². The Hall–Kier alpha value is -2.21. The zero-order valence-electron chi connectivity index (χ0n) is 10.7. The van der Waals surface area contributed by atoms with Crippen LogP contribution in [0, 0.1) is 0 Å². The molecule has 5 nitrogen and oxygen atoms in total. The summed E-state index contributed by atoms with van der Waals surface area (Å²) in [7, 11) is 3.40. The van der Waals surface area contributed by atoms with Crippen LogP contribution in [-0.2, 0) is 0 Å². The lowest BCUT2D eigenvalue weighted by molar-refractivity contribution is 0.0827. The summed E-state index contributed by atoms with van der Waals surface area (Å²) >= 11 is 4.97. The van der Waals surface area contributed by atoms with E-state index in [1.54, 1.807) is 37.0 Å². The van der Waals surface area contributed by atoms with Crippen LogP contribution in [0.1, 0.15) is 16.1 Å². The predicted molar refractivity (Wildman–Crippen MR) is 77.5 cm³/mol. The molecule has 2 aromatic heterocycles. The molecule has 2 heterocycles. The number of amides is 1. The van der Waals surface area contributed by atoms with E-state index >= 15 is 0 Å². The second-order valence-corrected chi connectivity index (χ2v) is 4.67. The first kappa shape index (κ1) is 13.2. The summed E-state index contributed by atoms with van der Waals surface area (Å²) in [5.41, 5.74) is 6.89. The van der Waals surface area contributed by atoms with Crippen molar-refractivity contribution < 1.29 is 4.79 Å². The fraction of sp³-hybridized carbons (Fsp3) is 0.154. The highest BCUT2D eigenvalue weighted by molar-refractivity contribution is 7.80. The SMILES string of the molecule is CN(C)C(=O)c1ccc(-n2cccc2C(N)=S)nc1. The van der Waals surface area contributed by atoms with Gasteiger partial charge in [0, 0.05) is 26.5 Å². The maximum Gasteiger partial charge on any atom is 0.254 e. The van der Waals surface area contributed by atoms with Crippen molar-refractivity contribution in [2.45, 2.75) is 0 Å². The number of hydrogen-bond acceptors (Lipinski definition) is 3. The summed E-state index contributed by atoms with van der Waals surface area (Å²) in [4.78, 5) is 17.8. The Morgan fingerprint density at radius 1 is 1.37 bits per heavy atom. The highest BCUT2D eigenvalue weighted by atomic mass is 32.1. The van der Waals surface area contributed by atoms with Gasteiger partial charge in [0.15, 0.2) is 0 Å². The minimum absolute atomic E-state index is 0.0823. The van der Waals surface area contributed by atoms with E-state index < -0.39 is 0 Å². The van der Waals surface area contributed by atoms with Crippen LogP contribution in [0.15, 0.2) is 36.7 Å². The summed E-state index contributed by atoms with van der Waals surface area (Å²) in [6, 6.07) is 7.16. The molecule has 1 amide bonds. The second-order valence-electron chi connectivity index (χ2n) is 4.23. The molecule has 2 N–H and O–H groups in total. The van der Waals surface area contributed by atoms with Gasteiger partial charge in [0.1, 0.15) is 10.8 Å². The van der Waals surface area contributed by atoms with Crippen LogP contribution in [0.25, 0.3) is 5.82 Å². The zero-order valence-corrected chi connectivity index (χ0v) is 11.5. The Bertz CT molecular complexity index is 616. The van der Waals surface area contributed by atoms with E-state index in [1.165, 1.54) is 4.90 Å². The van der Waals surface area contributed by atoms with Crippen molar-refractivity contribution >= 4 is 23.1 Å². The van der Waals surface area contributed by atoms with Crippen molar-refractivity contribution in [3.05, 3.63) is 47.9 Å². The molecule has 0 atom stereocenters. The Kier molecular flexibility index (Phi) is 3.62. The van der Waals surface area contributed by atoms with E-state index in [-0.39, 0.29) is 5.91 Å². The number of carbonyl (C=O) groups excluding carboxylic acids is 1. The van der Waals surface area contributed by atoms with Gasteiger partial charge in [-0.15, -0.1) is 0 Å². The first-order valence-electron chi connectivity index (χ1n) is 5.66. The molecule has 0 aliphatic carbocycles. The van der Waals surface area contributed by atoms with Gasteiger partial charge < -0.3 is 10.6 Å². The molecule has 0 aliphatic heterocycles. The number of nitrogens with zero attached hydrogens (tertiary/aromatic N) is 3. The third kappa shape index (κ3) is 2.63. The van der Waals surface area contributed by atoms with Gasteiger partial charge in [-0.05, 0) is 24.3 Å². The van der Waals surface area contributed by atoms with E-state index in [4.69, 9.17) is 18.0 Å². The highest BCUT2D eigenvalue weighted by Crippen LogP contribution is 2.11. The summed E-state index contributed by atoms with van der Waals surface area (Å²) in [5.74, 6) is 0.587. The highest BCUT2D eigenvalue weighted by Gasteiger charge is 2.10. The van der Waals surface area contributed by atoms with Gasteiger partial charge >= 0.3 is 0 Å². The monoisotopic (exact) mass is 274 g/mol. The molecule has 0 aromatic carbocycles.